The summed E-state index contributed by atoms with van der Waals surface area (Å²) in [7, 11) is 0. The lowest BCUT2D eigenvalue weighted by atomic mass is 10.2. The molecule has 164 valence electrons. The SMILES string of the molecule is Cc1cccc(OCC(=O)NN=Cc2cc([N+](=O)[O-])cc(Br)c2OC(=O)c2ccco2)c1. The monoisotopic (exact) mass is 501 g/mol. The van der Waals surface area contributed by atoms with Gasteiger partial charge in [0.2, 0.25) is 5.76 Å². The van der Waals surface area contributed by atoms with Gasteiger partial charge in [-0.05, 0) is 52.7 Å². The first kappa shape index (κ1) is 22.7. The van der Waals surface area contributed by atoms with Crippen molar-refractivity contribution in [2.75, 3.05) is 6.61 Å². The molecule has 0 aliphatic carbocycles. The molecule has 0 aliphatic heterocycles. The van der Waals surface area contributed by atoms with Crippen molar-refractivity contribution < 1.29 is 28.4 Å². The number of nitro groups is 1. The lowest BCUT2D eigenvalue weighted by Crippen LogP contribution is -2.24. The number of carbonyl (C=O) groups excluding carboxylic acids is 2. The van der Waals surface area contributed by atoms with Gasteiger partial charge in [0, 0.05) is 17.7 Å². The van der Waals surface area contributed by atoms with Crippen LogP contribution in [0.4, 0.5) is 5.69 Å². The van der Waals surface area contributed by atoms with Crippen LogP contribution in [0.3, 0.4) is 0 Å². The molecule has 0 aliphatic rings. The summed E-state index contributed by atoms with van der Waals surface area (Å²) in [5, 5.41) is 15.0. The van der Waals surface area contributed by atoms with Crippen molar-refractivity contribution in [3.05, 3.63) is 86.3 Å². The highest BCUT2D eigenvalue weighted by Crippen LogP contribution is 2.33. The summed E-state index contributed by atoms with van der Waals surface area (Å²) in [6, 6.07) is 12.4. The number of furan rings is 1. The fourth-order valence-corrected chi connectivity index (χ4v) is 3.05. The Morgan fingerprint density at radius 2 is 2.06 bits per heavy atom. The van der Waals surface area contributed by atoms with E-state index < -0.39 is 16.8 Å². The van der Waals surface area contributed by atoms with E-state index in [4.69, 9.17) is 13.9 Å². The number of benzene rings is 2. The van der Waals surface area contributed by atoms with Crippen LogP contribution < -0.4 is 14.9 Å². The largest absolute Gasteiger partial charge is 0.484 e. The summed E-state index contributed by atoms with van der Waals surface area (Å²) in [6.45, 7) is 1.60. The maximum Gasteiger partial charge on any atom is 0.379 e. The highest BCUT2D eigenvalue weighted by molar-refractivity contribution is 9.10. The molecule has 10 nitrogen and oxygen atoms in total. The van der Waals surface area contributed by atoms with Gasteiger partial charge in [0.25, 0.3) is 11.6 Å². The van der Waals surface area contributed by atoms with Crippen molar-refractivity contribution in [2.45, 2.75) is 6.92 Å². The molecule has 1 aromatic heterocycles. The number of ether oxygens (including phenoxy) is 2. The van der Waals surface area contributed by atoms with E-state index in [1.54, 1.807) is 18.2 Å². The Bertz CT molecular complexity index is 1180. The number of halogens is 1. The summed E-state index contributed by atoms with van der Waals surface area (Å²) in [4.78, 5) is 34.8. The molecule has 0 radical (unpaired) electrons. The van der Waals surface area contributed by atoms with E-state index in [1.807, 2.05) is 13.0 Å². The molecule has 1 amide bonds. The van der Waals surface area contributed by atoms with Crippen LogP contribution in [-0.2, 0) is 4.79 Å². The van der Waals surface area contributed by atoms with Crippen LogP contribution in [0.2, 0.25) is 0 Å². The van der Waals surface area contributed by atoms with Crippen molar-refractivity contribution >= 4 is 39.7 Å². The Labute approximate surface area is 190 Å². The topological polar surface area (TPSA) is 133 Å². The number of esters is 1. The average Bonchev–Trinajstić information content (AvgIpc) is 3.29. The van der Waals surface area contributed by atoms with Gasteiger partial charge in [0.1, 0.15) is 5.75 Å². The summed E-state index contributed by atoms with van der Waals surface area (Å²) in [5.41, 5.74) is 3.04. The number of non-ortho nitro benzene ring substituents is 1. The minimum atomic E-state index is -0.810. The van der Waals surface area contributed by atoms with E-state index in [0.29, 0.717) is 5.75 Å². The van der Waals surface area contributed by atoms with E-state index in [2.05, 4.69) is 26.5 Å². The Morgan fingerprint density at radius 3 is 2.75 bits per heavy atom. The second-order valence-electron chi connectivity index (χ2n) is 6.37. The molecule has 2 aromatic carbocycles. The molecule has 32 heavy (non-hydrogen) atoms. The van der Waals surface area contributed by atoms with Gasteiger partial charge in [-0.15, -0.1) is 0 Å². The van der Waals surface area contributed by atoms with Gasteiger partial charge in [-0.1, -0.05) is 12.1 Å². The fourth-order valence-electron chi connectivity index (χ4n) is 2.51. The number of aryl methyl sites for hydroxylation is 1. The lowest BCUT2D eigenvalue weighted by molar-refractivity contribution is -0.385. The Balaban J connectivity index is 1.72. The lowest BCUT2D eigenvalue weighted by Gasteiger charge is -2.09. The summed E-state index contributed by atoms with van der Waals surface area (Å²) >= 11 is 3.15. The molecule has 11 heteroatoms. The third kappa shape index (κ3) is 6.01. The maximum atomic E-state index is 12.2. The molecule has 0 saturated heterocycles. The van der Waals surface area contributed by atoms with Crippen LogP contribution in [0.25, 0.3) is 0 Å². The molecule has 0 saturated carbocycles. The van der Waals surface area contributed by atoms with Crippen LogP contribution in [-0.4, -0.2) is 29.6 Å². The first-order chi connectivity index (χ1) is 15.3. The Morgan fingerprint density at radius 1 is 1.25 bits per heavy atom. The second-order valence-corrected chi connectivity index (χ2v) is 7.22. The van der Waals surface area contributed by atoms with E-state index >= 15 is 0 Å². The van der Waals surface area contributed by atoms with Gasteiger partial charge in [0.15, 0.2) is 12.4 Å². The third-order valence-corrected chi connectivity index (χ3v) is 4.53. The number of nitrogens with one attached hydrogen (secondary N) is 1. The normalized spacial score (nSPS) is 10.7. The van der Waals surface area contributed by atoms with Crippen molar-refractivity contribution in [1.29, 1.82) is 0 Å². The molecular weight excluding hydrogens is 486 g/mol. The molecule has 0 bridgehead atoms. The van der Waals surface area contributed by atoms with Gasteiger partial charge in [-0.3, -0.25) is 14.9 Å². The number of nitrogens with zero attached hydrogens (tertiary/aromatic N) is 2. The molecular formula is C21H16BrN3O7. The highest BCUT2D eigenvalue weighted by atomic mass is 79.9. The number of amides is 1. The summed E-state index contributed by atoms with van der Waals surface area (Å²) in [5.74, 6) is -0.930. The van der Waals surface area contributed by atoms with Crippen molar-refractivity contribution in [1.82, 2.24) is 5.43 Å². The minimum absolute atomic E-state index is 0.0361. The van der Waals surface area contributed by atoms with E-state index in [0.717, 1.165) is 17.8 Å². The van der Waals surface area contributed by atoms with Gasteiger partial charge in [0.05, 0.1) is 21.9 Å². The number of hydrogen-bond donors (Lipinski definition) is 1. The molecule has 0 spiro atoms. The van der Waals surface area contributed by atoms with Gasteiger partial charge in [-0.2, -0.15) is 5.10 Å². The van der Waals surface area contributed by atoms with Crippen LogP contribution >= 0.6 is 15.9 Å². The number of nitro benzene ring substituents is 1. The Kier molecular flexibility index (Phi) is 7.34. The first-order valence-corrected chi connectivity index (χ1v) is 9.88. The summed E-state index contributed by atoms with van der Waals surface area (Å²) in [6.07, 6.45) is 2.42. The zero-order chi connectivity index (χ0) is 23.1. The molecule has 1 N–H and O–H groups in total. The second kappa shape index (κ2) is 10.4. The number of carbonyl (C=O) groups is 2. The smallest absolute Gasteiger partial charge is 0.379 e. The number of rotatable bonds is 8. The van der Waals surface area contributed by atoms with Crippen molar-refractivity contribution in [3.63, 3.8) is 0 Å². The maximum absolute atomic E-state index is 12.2. The highest BCUT2D eigenvalue weighted by Gasteiger charge is 2.20. The number of hydrazone groups is 1. The molecule has 3 rings (SSSR count). The first-order valence-electron chi connectivity index (χ1n) is 9.08. The number of hydrogen-bond acceptors (Lipinski definition) is 8. The third-order valence-electron chi connectivity index (χ3n) is 3.94. The average molecular weight is 502 g/mol. The predicted octanol–water partition coefficient (Wildman–Crippen LogP) is 4.01. The van der Waals surface area contributed by atoms with Crippen LogP contribution in [0, 0.1) is 17.0 Å². The van der Waals surface area contributed by atoms with E-state index in [-0.39, 0.29) is 33.8 Å². The Hall–Kier alpha value is -3.99. The van der Waals surface area contributed by atoms with Crippen LogP contribution in [0.5, 0.6) is 11.5 Å². The minimum Gasteiger partial charge on any atom is -0.484 e. The molecule has 1 heterocycles. The van der Waals surface area contributed by atoms with Crippen LogP contribution in [0.15, 0.2) is 68.8 Å². The zero-order valence-corrected chi connectivity index (χ0v) is 18.2. The fraction of sp³-hybridized carbons (Fsp3) is 0.0952. The summed E-state index contributed by atoms with van der Waals surface area (Å²) < 4.78 is 15.8. The van der Waals surface area contributed by atoms with Crippen molar-refractivity contribution in [3.8, 4) is 11.5 Å². The molecule has 0 unspecified atom stereocenters. The van der Waals surface area contributed by atoms with Gasteiger partial charge in [-0.25, -0.2) is 10.2 Å². The molecule has 3 aromatic rings. The van der Waals surface area contributed by atoms with Crippen molar-refractivity contribution in [2.24, 2.45) is 5.10 Å². The van der Waals surface area contributed by atoms with Gasteiger partial charge < -0.3 is 13.9 Å². The van der Waals surface area contributed by atoms with E-state index in [9.17, 15) is 19.7 Å². The molecule has 0 atom stereocenters. The van der Waals surface area contributed by atoms with Crippen LogP contribution in [0.1, 0.15) is 21.7 Å². The molecule has 0 fully saturated rings. The predicted molar refractivity (Wildman–Crippen MR) is 117 cm³/mol. The standard InChI is InChI=1S/C21H16BrN3O7/c1-13-4-2-5-16(8-13)31-12-19(26)24-23-11-14-9-15(25(28)29)10-17(22)20(14)32-21(27)18-6-3-7-30-18/h2-11H,12H2,1H3,(H,24,26). The quantitative estimate of drug-likeness (QED) is 0.162. The zero-order valence-electron chi connectivity index (χ0n) is 16.6. The van der Waals surface area contributed by atoms with Gasteiger partial charge >= 0.3 is 5.97 Å². The van der Waals surface area contributed by atoms with E-state index in [1.165, 1.54) is 24.5 Å².